The predicted molar refractivity (Wildman–Crippen MR) is 102 cm³/mol. The molecule has 0 unspecified atom stereocenters. The average Bonchev–Trinajstić information content (AvgIpc) is 2.87. The maximum atomic E-state index is 12.2. The number of anilines is 1. The van der Waals surface area contributed by atoms with Gasteiger partial charge in [-0.3, -0.25) is 4.79 Å². The summed E-state index contributed by atoms with van der Waals surface area (Å²) in [6.07, 6.45) is 6.10. The number of ether oxygens (including phenoxy) is 2. The van der Waals surface area contributed by atoms with Gasteiger partial charge in [0, 0.05) is 18.8 Å². The molecule has 2 heterocycles. The Morgan fingerprint density at radius 2 is 2.11 bits per heavy atom. The van der Waals surface area contributed by atoms with Gasteiger partial charge in [0.05, 0.1) is 19.3 Å². The second kappa shape index (κ2) is 10.3. The van der Waals surface area contributed by atoms with Crippen LogP contribution in [0.3, 0.4) is 0 Å². The Morgan fingerprint density at radius 3 is 2.96 bits per heavy atom. The fourth-order valence-electron chi connectivity index (χ4n) is 3.39. The van der Waals surface area contributed by atoms with Crippen molar-refractivity contribution >= 4 is 17.6 Å². The molecule has 7 heteroatoms. The standard InChI is InChI=1S/C20H29N3O4/c24-19-18(9-1-3-10-21-19)23-20(25)22-16-7-5-6-15(12-16)13-26-14-17-8-2-4-11-27-17/h5-7,12,17-18H,1-4,8-11,13-14H2,(H,21,24)(H2,22,23,25)/t17-,18+/m0/s1. The van der Waals surface area contributed by atoms with Gasteiger partial charge in [-0.1, -0.05) is 12.1 Å². The molecule has 0 bridgehead atoms. The molecule has 2 saturated heterocycles. The second-order valence-electron chi connectivity index (χ2n) is 7.14. The molecule has 2 aliphatic rings. The topological polar surface area (TPSA) is 88.7 Å². The quantitative estimate of drug-likeness (QED) is 0.713. The van der Waals surface area contributed by atoms with Gasteiger partial charge in [0.1, 0.15) is 6.04 Å². The molecule has 3 amide bonds. The van der Waals surface area contributed by atoms with Crippen molar-refractivity contribution in [1.82, 2.24) is 10.6 Å². The Labute approximate surface area is 160 Å². The summed E-state index contributed by atoms with van der Waals surface area (Å²) in [4.78, 5) is 24.1. The van der Waals surface area contributed by atoms with E-state index in [4.69, 9.17) is 9.47 Å². The lowest BCUT2D eigenvalue weighted by atomic mass is 10.1. The van der Waals surface area contributed by atoms with Crippen LogP contribution >= 0.6 is 0 Å². The highest BCUT2D eigenvalue weighted by atomic mass is 16.5. The first-order chi connectivity index (χ1) is 13.2. The molecule has 2 aliphatic heterocycles. The molecule has 1 aromatic rings. The zero-order chi connectivity index (χ0) is 18.9. The summed E-state index contributed by atoms with van der Waals surface area (Å²) in [5.74, 6) is -0.116. The van der Waals surface area contributed by atoms with Gasteiger partial charge in [-0.2, -0.15) is 0 Å². The van der Waals surface area contributed by atoms with E-state index in [9.17, 15) is 9.59 Å². The summed E-state index contributed by atoms with van der Waals surface area (Å²) < 4.78 is 11.4. The maximum Gasteiger partial charge on any atom is 0.319 e. The van der Waals surface area contributed by atoms with Crippen LogP contribution in [0.2, 0.25) is 0 Å². The minimum atomic E-state index is -0.477. The molecule has 0 saturated carbocycles. The van der Waals surface area contributed by atoms with E-state index >= 15 is 0 Å². The minimum absolute atomic E-state index is 0.116. The lowest BCUT2D eigenvalue weighted by Gasteiger charge is -2.22. The first-order valence-electron chi connectivity index (χ1n) is 9.84. The number of benzene rings is 1. The third kappa shape index (κ3) is 6.52. The van der Waals surface area contributed by atoms with Gasteiger partial charge in [-0.25, -0.2) is 4.79 Å². The highest BCUT2D eigenvalue weighted by Gasteiger charge is 2.22. The highest BCUT2D eigenvalue weighted by molar-refractivity contribution is 5.93. The summed E-state index contributed by atoms with van der Waals surface area (Å²) in [5.41, 5.74) is 1.66. The molecule has 148 valence electrons. The summed E-state index contributed by atoms with van der Waals surface area (Å²) in [5, 5.41) is 8.37. The largest absolute Gasteiger partial charge is 0.376 e. The molecular weight excluding hydrogens is 346 g/mol. The smallest absolute Gasteiger partial charge is 0.319 e. The minimum Gasteiger partial charge on any atom is -0.376 e. The molecule has 7 nitrogen and oxygen atoms in total. The molecule has 1 aromatic carbocycles. The monoisotopic (exact) mass is 375 g/mol. The van der Waals surface area contributed by atoms with Crippen molar-refractivity contribution in [2.45, 2.75) is 57.3 Å². The third-order valence-corrected chi connectivity index (χ3v) is 4.87. The Balaban J connectivity index is 1.44. The Bertz CT molecular complexity index is 631. The first kappa shape index (κ1) is 19.6. The van der Waals surface area contributed by atoms with Crippen molar-refractivity contribution < 1.29 is 19.1 Å². The maximum absolute atomic E-state index is 12.2. The van der Waals surface area contributed by atoms with Gasteiger partial charge in [0.15, 0.2) is 0 Å². The predicted octanol–water partition coefficient (Wildman–Crippen LogP) is 2.56. The van der Waals surface area contributed by atoms with Crippen molar-refractivity contribution in [2.75, 3.05) is 25.1 Å². The van der Waals surface area contributed by atoms with Crippen LogP contribution in [-0.2, 0) is 20.9 Å². The fraction of sp³-hybridized carbons (Fsp3) is 0.600. The Morgan fingerprint density at radius 1 is 1.22 bits per heavy atom. The molecule has 0 aromatic heterocycles. The van der Waals surface area contributed by atoms with Gasteiger partial charge in [-0.15, -0.1) is 0 Å². The number of urea groups is 1. The van der Waals surface area contributed by atoms with Crippen LogP contribution in [0.4, 0.5) is 10.5 Å². The molecular formula is C20H29N3O4. The number of amides is 3. The number of carbonyl (C=O) groups excluding carboxylic acids is 2. The molecule has 3 N–H and O–H groups in total. The first-order valence-corrected chi connectivity index (χ1v) is 9.84. The van der Waals surface area contributed by atoms with Crippen LogP contribution in [0.25, 0.3) is 0 Å². The van der Waals surface area contributed by atoms with E-state index in [0.717, 1.165) is 37.9 Å². The molecule has 2 fully saturated rings. The third-order valence-electron chi connectivity index (χ3n) is 4.87. The van der Waals surface area contributed by atoms with Gasteiger partial charge in [0.25, 0.3) is 0 Å². The second-order valence-corrected chi connectivity index (χ2v) is 7.14. The SMILES string of the molecule is O=C(Nc1cccc(COC[C@@H]2CCCCO2)c1)N[C@@H]1CCCCNC1=O. The van der Waals surface area contributed by atoms with Gasteiger partial charge >= 0.3 is 6.03 Å². The Kier molecular flexibility index (Phi) is 7.47. The van der Waals surface area contributed by atoms with Crippen molar-refractivity contribution in [3.63, 3.8) is 0 Å². The van der Waals surface area contributed by atoms with E-state index in [-0.39, 0.29) is 18.0 Å². The molecule has 2 atom stereocenters. The van der Waals surface area contributed by atoms with Crippen LogP contribution < -0.4 is 16.0 Å². The summed E-state index contributed by atoms with van der Waals surface area (Å²) >= 11 is 0. The van der Waals surface area contributed by atoms with Crippen LogP contribution in [0, 0.1) is 0 Å². The summed E-state index contributed by atoms with van der Waals surface area (Å²) in [6.45, 7) is 2.56. The van der Waals surface area contributed by atoms with E-state index in [1.165, 1.54) is 6.42 Å². The number of hydrogen-bond donors (Lipinski definition) is 3. The normalized spacial score (nSPS) is 23.2. The number of nitrogens with one attached hydrogen (secondary N) is 3. The Hall–Kier alpha value is -2.12. The lowest BCUT2D eigenvalue weighted by Crippen LogP contribution is -2.47. The highest BCUT2D eigenvalue weighted by Crippen LogP contribution is 2.15. The lowest BCUT2D eigenvalue weighted by molar-refractivity contribution is -0.122. The number of rotatable bonds is 6. The van der Waals surface area contributed by atoms with E-state index in [2.05, 4.69) is 16.0 Å². The van der Waals surface area contributed by atoms with Gasteiger partial charge < -0.3 is 25.4 Å². The van der Waals surface area contributed by atoms with E-state index < -0.39 is 6.04 Å². The van der Waals surface area contributed by atoms with Crippen molar-refractivity contribution in [2.24, 2.45) is 0 Å². The fourth-order valence-corrected chi connectivity index (χ4v) is 3.39. The van der Waals surface area contributed by atoms with Crippen molar-refractivity contribution in [3.05, 3.63) is 29.8 Å². The van der Waals surface area contributed by atoms with E-state index in [1.807, 2.05) is 24.3 Å². The van der Waals surface area contributed by atoms with Gasteiger partial charge in [0.2, 0.25) is 5.91 Å². The molecule has 3 rings (SSSR count). The zero-order valence-corrected chi connectivity index (χ0v) is 15.7. The van der Waals surface area contributed by atoms with Crippen LogP contribution in [0.5, 0.6) is 0 Å². The van der Waals surface area contributed by atoms with Crippen molar-refractivity contribution in [1.29, 1.82) is 0 Å². The molecule has 0 aliphatic carbocycles. The summed E-state index contributed by atoms with van der Waals surface area (Å²) in [6, 6.07) is 6.70. The van der Waals surface area contributed by atoms with E-state index in [1.54, 1.807) is 0 Å². The zero-order valence-electron chi connectivity index (χ0n) is 15.7. The molecule has 0 radical (unpaired) electrons. The number of hydrogen-bond acceptors (Lipinski definition) is 4. The molecule has 0 spiro atoms. The van der Waals surface area contributed by atoms with Crippen LogP contribution in [0.15, 0.2) is 24.3 Å². The van der Waals surface area contributed by atoms with Gasteiger partial charge in [-0.05, 0) is 56.2 Å². The summed E-state index contributed by atoms with van der Waals surface area (Å²) in [7, 11) is 0. The number of carbonyl (C=O) groups is 2. The molecule has 27 heavy (non-hydrogen) atoms. The van der Waals surface area contributed by atoms with Crippen LogP contribution in [-0.4, -0.2) is 43.8 Å². The van der Waals surface area contributed by atoms with E-state index in [0.29, 0.717) is 31.9 Å². The van der Waals surface area contributed by atoms with Crippen LogP contribution in [0.1, 0.15) is 44.1 Å². The van der Waals surface area contributed by atoms with Crippen molar-refractivity contribution in [3.8, 4) is 0 Å². The average molecular weight is 375 g/mol.